The first-order chi connectivity index (χ1) is 10.3. The van der Waals surface area contributed by atoms with Gasteiger partial charge in [0.15, 0.2) is 0 Å². The zero-order valence-corrected chi connectivity index (χ0v) is 12.1. The molecule has 22 heavy (non-hydrogen) atoms. The Balaban J connectivity index is 1.85. The molecule has 126 valence electrons. The molecule has 2 aliphatic heterocycles. The zero-order chi connectivity index (χ0) is 16.3. The minimum absolute atomic E-state index is 0.0181. The van der Waals surface area contributed by atoms with Crippen molar-refractivity contribution in [1.82, 2.24) is 10.2 Å². The van der Waals surface area contributed by atoms with Crippen molar-refractivity contribution < 1.29 is 27.5 Å². The Morgan fingerprint density at radius 2 is 2.00 bits per heavy atom. The van der Waals surface area contributed by atoms with E-state index >= 15 is 0 Å². The van der Waals surface area contributed by atoms with E-state index in [0.717, 1.165) is 0 Å². The van der Waals surface area contributed by atoms with Crippen LogP contribution in [0.15, 0.2) is 0 Å². The van der Waals surface area contributed by atoms with Crippen LogP contribution in [0.2, 0.25) is 0 Å². The summed E-state index contributed by atoms with van der Waals surface area (Å²) in [6.07, 6.45) is -2.95. The van der Waals surface area contributed by atoms with Crippen molar-refractivity contribution in [3.05, 3.63) is 0 Å². The topological polar surface area (TPSA) is 84.7 Å². The number of carbonyl (C=O) groups is 2. The molecule has 2 rings (SSSR count). The predicted molar refractivity (Wildman–Crippen MR) is 70.7 cm³/mol. The highest BCUT2D eigenvalue weighted by Gasteiger charge is 2.40. The van der Waals surface area contributed by atoms with Gasteiger partial charge < -0.3 is 20.7 Å². The molecule has 2 unspecified atom stereocenters. The second kappa shape index (κ2) is 6.82. The van der Waals surface area contributed by atoms with Gasteiger partial charge in [-0.2, -0.15) is 13.2 Å². The fourth-order valence-electron chi connectivity index (χ4n) is 2.80. The van der Waals surface area contributed by atoms with Crippen LogP contribution in [0.25, 0.3) is 0 Å². The van der Waals surface area contributed by atoms with E-state index in [-0.39, 0.29) is 18.9 Å². The van der Waals surface area contributed by atoms with Crippen molar-refractivity contribution in [2.45, 2.75) is 37.5 Å². The van der Waals surface area contributed by atoms with Crippen molar-refractivity contribution in [3.8, 4) is 0 Å². The molecule has 0 aliphatic carbocycles. The van der Waals surface area contributed by atoms with Gasteiger partial charge in [0.25, 0.3) is 0 Å². The van der Waals surface area contributed by atoms with Gasteiger partial charge in [0.1, 0.15) is 12.6 Å². The monoisotopic (exact) mass is 323 g/mol. The SMILES string of the molecule is NC(C(=O)NC1CCN(CC(F)(F)F)C1=O)C1CCOCC1. The first-order valence-corrected chi connectivity index (χ1v) is 7.27. The summed E-state index contributed by atoms with van der Waals surface area (Å²) in [7, 11) is 0. The van der Waals surface area contributed by atoms with E-state index in [1.54, 1.807) is 0 Å². The molecule has 0 aromatic rings. The minimum Gasteiger partial charge on any atom is -0.381 e. The number of alkyl halides is 3. The van der Waals surface area contributed by atoms with E-state index in [1.807, 2.05) is 0 Å². The maximum absolute atomic E-state index is 12.3. The lowest BCUT2D eigenvalue weighted by molar-refractivity contribution is -0.158. The molecular formula is C13H20F3N3O3. The fourth-order valence-corrected chi connectivity index (χ4v) is 2.80. The van der Waals surface area contributed by atoms with Crippen molar-refractivity contribution in [2.75, 3.05) is 26.3 Å². The Morgan fingerprint density at radius 3 is 2.59 bits per heavy atom. The van der Waals surface area contributed by atoms with E-state index in [0.29, 0.717) is 31.0 Å². The lowest BCUT2D eigenvalue weighted by atomic mass is 9.91. The Morgan fingerprint density at radius 1 is 1.36 bits per heavy atom. The van der Waals surface area contributed by atoms with E-state index < -0.39 is 36.6 Å². The van der Waals surface area contributed by atoms with Crippen LogP contribution in [-0.4, -0.2) is 61.3 Å². The molecular weight excluding hydrogens is 303 g/mol. The molecule has 0 spiro atoms. The van der Waals surface area contributed by atoms with Gasteiger partial charge >= 0.3 is 6.18 Å². The normalized spacial score (nSPS) is 25.4. The summed E-state index contributed by atoms with van der Waals surface area (Å²) in [4.78, 5) is 24.6. The Hall–Kier alpha value is -1.35. The number of nitrogens with two attached hydrogens (primary N) is 1. The van der Waals surface area contributed by atoms with Crippen LogP contribution in [0.3, 0.4) is 0 Å². The van der Waals surface area contributed by atoms with Crippen molar-refractivity contribution in [3.63, 3.8) is 0 Å². The van der Waals surface area contributed by atoms with Gasteiger partial charge in [-0.3, -0.25) is 9.59 Å². The van der Waals surface area contributed by atoms with Crippen LogP contribution in [0.4, 0.5) is 13.2 Å². The number of halogens is 3. The molecule has 2 amide bonds. The van der Waals surface area contributed by atoms with Crippen LogP contribution in [0, 0.1) is 5.92 Å². The Bertz CT molecular complexity index is 424. The van der Waals surface area contributed by atoms with Crippen molar-refractivity contribution in [1.29, 1.82) is 0 Å². The molecule has 2 atom stereocenters. The third-order valence-corrected chi connectivity index (χ3v) is 4.06. The van der Waals surface area contributed by atoms with Gasteiger partial charge in [0.2, 0.25) is 11.8 Å². The first-order valence-electron chi connectivity index (χ1n) is 7.27. The molecule has 0 radical (unpaired) electrons. The molecule has 0 saturated carbocycles. The van der Waals surface area contributed by atoms with E-state index in [9.17, 15) is 22.8 Å². The second-order valence-corrected chi connectivity index (χ2v) is 5.70. The average Bonchev–Trinajstić information content (AvgIpc) is 2.78. The summed E-state index contributed by atoms with van der Waals surface area (Å²) in [6.45, 7) is -0.235. The largest absolute Gasteiger partial charge is 0.406 e. The van der Waals surface area contributed by atoms with Gasteiger partial charge in [-0.05, 0) is 25.2 Å². The minimum atomic E-state index is -4.44. The van der Waals surface area contributed by atoms with Crippen LogP contribution in [0.5, 0.6) is 0 Å². The summed E-state index contributed by atoms with van der Waals surface area (Å²) < 4.78 is 42.2. The molecule has 6 nitrogen and oxygen atoms in total. The number of rotatable bonds is 4. The molecule has 2 fully saturated rings. The number of nitrogens with one attached hydrogen (secondary N) is 1. The molecule has 3 N–H and O–H groups in total. The zero-order valence-electron chi connectivity index (χ0n) is 12.1. The smallest absolute Gasteiger partial charge is 0.381 e. The molecule has 2 saturated heterocycles. The third kappa shape index (κ3) is 4.33. The van der Waals surface area contributed by atoms with Crippen LogP contribution in [0.1, 0.15) is 19.3 Å². The van der Waals surface area contributed by atoms with Crippen LogP contribution in [-0.2, 0) is 14.3 Å². The fraction of sp³-hybridized carbons (Fsp3) is 0.846. The van der Waals surface area contributed by atoms with Crippen LogP contribution >= 0.6 is 0 Å². The number of nitrogens with zero attached hydrogens (tertiary/aromatic N) is 1. The Kier molecular flexibility index (Phi) is 5.28. The average molecular weight is 323 g/mol. The predicted octanol–water partition coefficient (Wildman–Crippen LogP) is 0.0197. The van der Waals surface area contributed by atoms with E-state index in [2.05, 4.69) is 5.32 Å². The summed E-state index contributed by atoms with van der Waals surface area (Å²) in [5.41, 5.74) is 5.88. The highest BCUT2D eigenvalue weighted by atomic mass is 19.4. The van der Waals surface area contributed by atoms with Gasteiger partial charge in [-0.1, -0.05) is 0 Å². The second-order valence-electron chi connectivity index (χ2n) is 5.70. The number of likely N-dealkylation sites (tertiary alicyclic amines) is 1. The summed E-state index contributed by atoms with van der Waals surface area (Å²) in [5, 5.41) is 2.48. The molecule has 0 aromatic carbocycles. The highest BCUT2D eigenvalue weighted by Crippen LogP contribution is 2.22. The Labute approximate surface area is 126 Å². The number of amides is 2. The lowest BCUT2D eigenvalue weighted by Gasteiger charge is -2.27. The molecule has 0 bridgehead atoms. The quantitative estimate of drug-likeness (QED) is 0.764. The van der Waals surface area contributed by atoms with E-state index in [1.165, 1.54) is 0 Å². The van der Waals surface area contributed by atoms with Crippen molar-refractivity contribution >= 4 is 11.8 Å². The molecule has 9 heteroatoms. The van der Waals surface area contributed by atoms with E-state index in [4.69, 9.17) is 10.5 Å². The molecule has 2 aliphatic rings. The van der Waals surface area contributed by atoms with Gasteiger partial charge in [0.05, 0.1) is 6.04 Å². The number of ether oxygens (including phenoxy) is 1. The maximum Gasteiger partial charge on any atom is 0.406 e. The highest BCUT2D eigenvalue weighted by molar-refractivity contribution is 5.91. The van der Waals surface area contributed by atoms with Gasteiger partial charge in [-0.15, -0.1) is 0 Å². The maximum atomic E-state index is 12.3. The number of hydrogen-bond donors (Lipinski definition) is 2. The first kappa shape index (κ1) is 17.0. The standard InChI is InChI=1S/C13H20F3N3O3/c14-13(15,16)7-19-4-1-9(12(19)21)18-11(20)10(17)8-2-5-22-6-3-8/h8-10H,1-7,17H2,(H,18,20). The summed E-state index contributed by atoms with van der Waals surface area (Å²) in [6, 6.07) is -1.69. The number of carbonyl (C=O) groups excluding carboxylic acids is 2. The van der Waals surface area contributed by atoms with Crippen LogP contribution < -0.4 is 11.1 Å². The molecule has 2 heterocycles. The van der Waals surface area contributed by atoms with Gasteiger partial charge in [-0.25, -0.2) is 0 Å². The summed E-state index contributed by atoms with van der Waals surface area (Å²) >= 11 is 0. The lowest BCUT2D eigenvalue weighted by Crippen LogP contribution is -2.52. The third-order valence-electron chi connectivity index (χ3n) is 4.06. The number of hydrogen-bond acceptors (Lipinski definition) is 4. The van der Waals surface area contributed by atoms with Crippen molar-refractivity contribution in [2.24, 2.45) is 11.7 Å². The molecule has 0 aromatic heterocycles. The van der Waals surface area contributed by atoms with Gasteiger partial charge in [0, 0.05) is 19.8 Å². The summed E-state index contributed by atoms with van der Waals surface area (Å²) in [5.74, 6) is -1.22.